The van der Waals surface area contributed by atoms with Crippen molar-refractivity contribution in [3.8, 4) is 0 Å². The Balaban J connectivity index is 2.60. The molecule has 0 aromatic heterocycles. The lowest BCUT2D eigenvalue weighted by Gasteiger charge is -2.11. The highest BCUT2D eigenvalue weighted by Gasteiger charge is 2.17. The lowest BCUT2D eigenvalue weighted by Crippen LogP contribution is -2.26. The van der Waals surface area contributed by atoms with E-state index >= 15 is 0 Å². The summed E-state index contributed by atoms with van der Waals surface area (Å²) in [6, 6.07) is 7.03. The van der Waals surface area contributed by atoms with Crippen LogP contribution in [0, 0.1) is 0 Å². The van der Waals surface area contributed by atoms with Crippen LogP contribution < -0.4 is 5.32 Å². The molecule has 0 aliphatic rings. The van der Waals surface area contributed by atoms with Crippen LogP contribution in [0.5, 0.6) is 0 Å². The number of carboxylic acid groups (broad SMARTS) is 1. The van der Waals surface area contributed by atoms with E-state index in [2.05, 4.69) is 5.32 Å². The molecule has 0 aliphatic carbocycles. The summed E-state index contributed by atoms with van der Waals surface area (Å²) in [4.78, 5) is 23.7. The Hall–Kier alpha value is -1.53. The smallest absolute Gasteiger partial charge is 0.316 e. The van der Waals surface area contributed by atoms with E-state index < -0.39 is 11.2 Å². The van der Waals surface area contributed by atoms with Gasteiger partial charge in [0.15, 0.2) is 0 Å². The van der Waals surface area contributed by atoms with E-state index in [1.54, 1.807) is 31.2 Å². The molecule has 1 rings (SSSR count). The van der Waals surface area contributed by atoms with Gasteiger partial charge in [0.2, 0.25) is 0 Å². The molecular weight excluding hydrogens is 290 g/mol. The molecule has 1 amide bonds. The monoisotopic (exact) mass is 311 g/mol. The second kappa shape index (κ2) is 9.41. The molecule has 21 heavy (non-hydrogen) atoms. The predicted octanol–water partition coefficient (Wildman–Crippen LogP) is 2.41. The van der Waals surface area contributed by atoms with Gasteiger partial charge < -0.3 is 15.2 Å². The van der Waals surface area contributed by atoms with E-state index in [1.165, 1.54) is 11.8 Å². The highest BCUT2D eigenvalue weighted by Crippen LogP contribution is 2.26. The Morgan fingerprint density at radius 1 is 1.38 bits per heavy atom. The summed E-state index contributed by atoms with van der Waals surface area (Å²) >= 11 is 1.17. The summed E-state index contributed by atoms with van der Waals surface area (Å²) in [5.74, 6) is -1.08. The van der Waals surface area contributed by atoms with Crippen molar-refractivity contribution < 1.29 is 19.4 Å². The number of aliphatic carboxylic acids is 1. The first-order chi connectivity index (χ1) is 10.1. The molecule has 0 heterocycles. The molecule has 0 bridgehead atoms. The van der Waals surface area contributed by atoms with Gasteiger partial charge in [-0.15, -0.1) is 11.8 Å². The fourth-order valence-electron chi connectivity index (χ4n) is 1.61. The van der Waals surface area contributed by atoms with Crippen LogP contribution in [-0.2, 0) is 9.53 Å². The molecule has 0 fully saturated rings. The van der Waals surface area contributed by atoms with Crippen LogP contribution in [0.15, 0.2) is 29.2 Å². The second-order valence-corrected chi connectivity index (χ2v) is 5.78. The first kappa shape index (κ1) is 17.5. The van der Waals surface area contributed by atoms with Gasteiger partial charge in [-0.05, 0) is 32.4 Å². The Labute approximate surface area is 129 Å². The third-order valence-corrected chi connectivity index (χ3v) is 3.90. The van der Waals surface area contributed by atoms with Crippen LogP contribution in [0.4, 0.5) is 0 Å². The standard InChI is InChI=1S/C15H21NO4S/c1-3-20-10-6-9-16-14(17)12-7-4-5-8-13(12)21-11(2)15(18)19/h4-5,7-8,11H,3,6,9-10H2,1-2H3,(H,16,17)(H,18,19). The third-order valence-electron chi connectivity index (χ3n) is 2.74. The Kier molecular flexibility index (Phi) is 7.85. The number of carboxylic acids is 1. The molecule has 1 aromatic carbocycles. The minimum absolute atomic E-state index is 0.188. The number of ether oxygens (including phenoxy) is 1. The van der Waals surface area contributed by atoms with Gasteiger partial charge in [-0.25, -0.2) is 0 Å². The van der Waals surface area contributed by atoms with Gasteiger partial charge in [0.05, 0.1) is 5.56 Å². The normalized spacial score (nSPS) is 11.9. The van der Waals surface area contributed by atoms with E-state index in [9.17, 15) is 9.59 Å². The quantitative estimate of drug-likeness (QED) is 0.541. The van der Waals surface area contributed by atoms with E-state index in [4.69, 9.17) is 9.84 Å². The van der Waals surface area contributed by atoms with Crippen molar-refractivity contribution >= 4 is 23.6 Å². The van der Waals surface area contributed by atoms with Crippen molar-refractivity contribution in [2.45, 2.75) is 30.4 Å². The highest BCUT2D eigenvalue weighted by atomic mass is 32.2. The molecule has 0 saturated carbocycles. The summed E-state index contributed by atoms with van der Waals surface area (Å²) < 4.78 is 5.20. The summed E-state index contributed by atoms with van der Waals surface area (Å²) in [6.45, 7) is 5.34. The molecule has 5 nitrogen and oxygen atoms in total. The van der Waals surface area contributed by atoms with Gasteiger partial charge in [-0.3, -0.25) is 9.59 Å². The Morgan fingerprint density at radius 3 is 2.76 bits per heavy atom. The van der Waals surface area contributed by atoms with Gasteiger partial charge in [0.1, 0.15) is 5.25 Å². The molecule has 116 valence electrons. The van der Waals surface area contributed by atoms with Crippen LogP contribution in [0.2, 0.25) is 0 Å². The van der Waals surface area contributed by atoms with Crippen LogP contribution in [0.1, 0.15) is 30.6 Å². The zero-order valence-electron chi connectivity index (χ0n) is 12.3. The number of hydrogen-bond acceptors (Lipinski definition) is 4. The molecule has 6 heteroatoms. The van der Waals surface area contributed by atoms with Gasteiger partial charge >= 0.3 is 5.97 Å². The molecule has 1 atom stereocenters. The number of carbonyl (C=O) groups excluding carboxylic acids is 1. The maximum Gasteiger partial charge on any atom is 0.316 e. The van der Waals surface area contributed by atoms with Crippen LogP contribution in [-0.4, -0.2) is 42.0 Å². The first-order valence-corrected chi connectivity index (χ1v) is 7.78. The Morgan fingerprint density at radius 2 is 2.10 bits per heavy atom. The lowest BCUT2D eigenvalue weighted by atomic mass is 10.2. The molecule has 0 radical (unpaired) electrons. The molecular formula is C15H21NO4S. The van der Waals surface area contributed by atoms with Crippen molar-refractivity contribution in [3.63, 3.8) is 0 Å². The maximum atomic E-state index is 12.1. The SMILES string of the molecule is CCOCCCNC(=O)c1ccccc1SC(C)C(=O)O. The molecule has 0 spiro atoms. The lowest BCUT2D eigenvalue weighted by molar-refractivity contribution is -0.136. The summed E-state index contributed by atoms with van der Waals surface area (Å²) in [6.07, 6.45) is 0.750. The highest BCUT2D eigenvalue weighted by molar-refractivity contribution is 8.00. The fraction of sp³-hybridized carbons (Fsp3) is 0.467. The molecule has 2 N–H and O–H groups in total. The predicted molar refractivity (Wildman–Crippen MR) is 82.8 cm³/mol. The van der Waals surface area contributed by atoms with Crippen molar-refractivity contribution in [1.82, 2.24) is 5.32 Å². The molecule has 0 saturated heterocycles. The summed E-state index contributed by atoms with van der Waals surface area (Å²) in [5, 5.41) is 11.2. The van der Waals surface area contributed by atoms with Gasteiger partial charge in [0.25, 0.3) is 5.91 Å². The zero-order valence-corrected chi connectivity index (χ0v) is 13.1. The summed E-state index contributed by atoms with van der Waals surface area (Å²) in [7, 11) is 0. The van der Waals surface area contributed by atoms with Crippen molar-refractivity contribution in [2.24, 2.45) is 0 Å². The average Bonchev–Trinajstić information content (AvgIpc) is 2.47. The van der Waals surface area contributed by atoms with Gasteiger partial charge in [0, 0.05) is 24.7 Å². The van der Waals surface area contributed by atoms with E-state index in [0.29, 0.717) is 30.2 Å². The Bertz CT molecular complexity index is 478. The maximum absolute atomic E-state index is 12.1. The van der Waals surface area contributed by atoms with Crippen molar-refractivity contribution in [1.29, 1.82) is 0 Å². The molecule has 1 unspecified atom stereocenters. The van der Waals surface area contributed by atoms with Crippen molar-refractivity contribution in [2.75, 3.05) is 19.8 Å². The second-order valence-electron chi connectivity index (χ2n) is 4.40. The minimum atomic E-state index is -0.896. The molecule has 0 aliphatic heterocycles. The number of nitrogens with one attached hydrogen (secondary N) is 1. The number of amides is 1. The van der Waals surface area contributed by atoms with Gasteiger partial charge in [-0.1, -0.05) is 12.1 Å². The van der Waals surface area contributed by atoms with Crippen LogP contribution >= 0.6 is 11.8 Å². The zero-order chi connectivity index (χ0) is 15.7. The topological polar surface area (TPSA) is 75.6 Å². The van der Waals surface area contributed by atoms with Gasteiger partial charge in [-0.2, -0.15) is 0 Å². The number of thioether (sulfide) groups is 1. The number of carbonyl (C=O) groups is 2. The minimum Gasteiger partial charge on any atom is -0.480 e. The van der Waals surface area contributed by atoms with Crippen LogP contribution in [0.25, 0.3) is 0 Å². The van der Waals surface area contributed by atoms with E-state index in [-0.39, 0.29) is 5.91 Å². The van der Waals surface area contributed by atoms with E-state index in [0.717, 1.165) is 6.42 Å². The number of benzene rings is 1. The third kappa shape index (κ3) is 6.18. The summed E-state index contributed by atoms with van der Waals surface area (Å²) in [5.41, 5.74) is 0.506. The number of rotatable bonds is 9. The number of hydrogen-bond donors (Lipinski definition) is 2. The fourth-order valence-corrected chi connectivity index (χ4v) is 2.54. The first-order valence-electron chi connectivity index (χ1n) is 6.90. The van der Waals surface area contributed by atoms with Crippen molar-refractivity contribution in [3.05, 3.63) is 29.8 Å². The average molecular weight is 311 g/mol. The van der Waals surface area contributed by atoms with E-state index in [1.807, 2.05) is 6.92 Å². The molecule has 1 aromatic rings. The van der Waals surface area contributed by atoms with Crippen LogP contribution in [0.3, 0.4) is 0 Å². The largest absolute Gasteiger partial charge is 0.480 e.